The van der Waals surface area contributed by atoms with Crippen molar-refractivity contribution < 1.29 is 0 Å². The molecule has 3 heteroatoms. The number of rotatable bonds is 2. The molecule has 0 unspecified atom stereocenters. The summed E-state index contributed by atoms with van der Waals surface area (Å²) in [7, 11) is 0. The van der Waals surface area contributed by atoms with Gasteiger partial charge in [0.1, 0.15) is 5.16 Å². The molecule has 0 aromatic rings. The molecular formula is C9H13ClN2. The van der Waals surface area contributed by atoms with Crippen LogP contribution in [0, 0.1) is 0 Å². The molecule has 0 saturated carbocycles. The number of nitrogens with one attached hydrogen (secondary N) is 1. The highest BCUT2D eigenvalue weighted by molar-refractivity contribution is 6.29. The Kier molecular flexibility index (Phi) is 3.35. The molecule has 0 bridgehead atoms. The minimum absolute atomic E-state index is 0.354. The minimum atomic E-state index is 0.354. The highest BCUT2D eigenvalue weighted by Crippen LogP contribution is 2.10. The monoisotopic (exact) mass is 184 g/mol. The fourth-order valence-corrected chi connectivity index (χ4v) is 0.953. The summed E-state index contributed by atoms with van der Waals surface area (Å²) in [6.45, 7) is 4.10. The van der Waals surface area contributed by atoms with Gasteiger partial charge in [0.25, 0.3) is 0 Å². The Bertz CT molecular complexity index is 239. The molecule has 0 fully saturated rings. The van der Waals surface area contributed by atoms with Gasteiger partial charge in [0.05, 0.1) is 0 Å². The van der Waals surface area contributed by atoms with Crippen molar-refractivity contribution in [3.63, 3.8) is 0 Å². The zero-order chi connectivity index (χ0) is 8.97. The molecule has 0 aromatic carbocycles. The second-order valence-electron chi connectivity index (χ2n) is 2.99. The lowest BCUT2D eigenvalue weighted by Crippen LogP contribution is -2.07. The number of dihydropyridines is 1. The number of hydrogen-bond donors (Lipinski definition) is 1. The highest BCUT2D eigenvalue weighted by atomic mass is 35.5. The molecular weight excluding hydrogens is 172 g/mol. The Morgan fingerprint density at radius 3 is 2.92 bits per heavy atom. The van der Waals surface area contributed by atoms with E-state index in [4.69, 9.17) is 11.6 Å². The summed E-state index contributed by atoms with van der Waals surface area (Å²) in [5.41, 5.74) is 1.16. The normalized spacial score (nSPS) is 17.7. The van der Waals surface area contributed by atoms with E-state index in [2.05, 4.69) is 24.2 Å². The molecule has 0 atom stereocenters. The molecule has 1 heterocycles. The Morgan fingerprint density at radius 1 is 1.67 bits per heavy atom. The van der Waals surface area contributed by atoms with Crippen molar-refractivity contribution in [2.75, 3.05) is 0 Å². The molecule has 66 valence electrons. The minimum Gasteiger partial charge on any atom is -0.352 e. The summed E-state index contributed by atoms with van der Waals surface area (Å²) >= 11 is 5.71. The van der Waals surface area contributed by atoms with Gasteiger partial charge in [-0.1, -0.05) is 11.6 Å². The molecule has 1 aliphatic heterocycles. The van der Waals surface area contributed by atoms with Gasteiger partial charge in [-0.05, 0) is 31.9 Å². The maximum absolute atomic E-state index is 5.71. The van der Waals surface area contributed by atoms with Crippen LogP contribution < -0.4 is 5.32 Å². The summed E-state index contributed by atoms with van der Waals surface area (Å²) < 4.78 is 0. The first-order valence-electron chi connectivity index (χ1n) is 4.03. The summed E-state index contributed by atoms with van der Waals surface area (Å²) in [6, 6.07) is 0.354. The number of allylic oxidation sites excluding steroid dienone is 2. The van der Waals surface area contributed by atoms with E-state index in [1.165, 1.54) is 0 Å². The van der Waals surface area contributed by atoms with Gasteiger partial charge in [0, 0.05) is 18.5 Å². The molecule has 0 amide bonds. The predicted octanol–water partition coefficient (Wildman–Crippen LogP) is 2.42. The molecule has 0 aliphatic carbocycles. The van der Waals surface area contributed by atoms with E-state index in [1.54, 1.807) is 0 Å². The fraction of sp³-hybridized carbons (Fsp3) is 0.444. The Balaban J connectivity index is 2.46. The lowest BCUT2D eigenvalue weighted by molar-refractivity contribution is 0.839. The van der Waals surface area contributed by atoms with Crippen LogP contribution in [-0.4, -0.2) is 12.3 Å². The molecule has 0 aromatic heterocycles. The lowest BCUT2D eigenvalue weighted by atomic mass is 10.2. The first kappa shape index (κ1) is 9.33. The van der Waals surface area contributed by atoms with Crippen molar-refractivity contribution in [1.82, 2.24) is 5.32 Å². The zero-order valence-electron chi connectivity index (χ0n) is 7.34. The van der Waals surface area contributed by atoms with E-state index >= 15 is 0 Å². The molecule has 0 radical (unpaired) electrons. The van der Waals surface area contributed by atoms with Gasteiger partial charge in [-0.15, -0.1) is 0 Å². The van der Waals surface area contributed by atoms with Crippen LogP contribution in [0.1, 0.15) is 20.3 Å². The third-order valence-corrected chi connectivity index (χ3v) is 1.71. The van der Waals surface area contributed by atoms with Crippen LogP contribution in [0.25, 0.3) is 0 Å². The predicted molar refractivity (Wildman–Crippen MR) is 53.4 cm³/mol. The lowest BCUT2D eigenvalue weighted by Gasteiger charge is -2.07. The summed E-state index contributed by atoms with van der Waals surface area (Å²) in [4.78, 5) is 4.27. The first-order valence-corrected chi connectivity index (χ1v) is 4.40. The Labute approximate surface area is 78.0 Å². The second kappa shape index (κ2) is 4.31. The van der Waals surface area contributed by atoms with Crippen molar-refractivity contribution in [1.29, 1.82) is 0 Å². The average Bonchev–Trinajstić information content (AvgIpc) is 2.03. The molecule has 1 rings (SSSR count). The van der Waals surface area contributed by atoms with E-state index in [1.807, 2.05) is 18.5 Å². The zero-order valence-corrected chi connectivity index (χ0v) is 8.10. The Hall–Kier alpha value is -0.760. The topological polar surface area (TPSA) is 24.4 Å². The summed E-state index contributed by atoms with van der Waals surface area (Å²) in [6.07, 6.45) is 6.57. The molecule has 12 heavy (non-hydrogen) atoms. The third kappa shape index (κ3) is 3.09. The van der Waals surface area contributed by atoms with E-state index in [9.17, 15) is 0 Å². The fourth-order valence-electron chi connectivity index (χ4n) is 0.822. The van der Waals surface area contributed by atoms with Gasteiger partial charge in [-0.2, -0.15) is 0 Å². The average molecular weight is 185 g/mol. The van der Waals surface area contributed by atoms with Crippen molar-refractivity contribution in [3.05, 3.63) is 23.0 Å². The number of hydrogen-bond acceptors (Lipinski definition) is 2. The number of halogens is 1. The van der Waals surface area contributed by atoms with Crippen LogP contribution in [0.5, 0.6) is 0 Å². The molecule has 0 spiro atoms. The maximum atomic E-state index is 5.71. The highest BCUT2D eigenvalue weighted by Gasteiger charge is 1.99. The van der Waals surface area contributed by atoms with Gasteiger partial charge in [0.15, 0.2) is 0 Å². The first-order chi connectivity index (χ1) is 5.68. The summed E-state index contributed by atoms with van der Waals surface area (Å²) in [5.74, 6) is 0. The van der Waals surface area contributed by atoms with Crippen molar-refractivity contribution in [3.8, 4) is 0 Å². The van der Waals surface area contributed by atoms with Gasteiger partial charge < -0.3 is 5.32 Å². The van der Waals surface area contributed by atoms with Crippen LogP contribution in [0.4, 0.5) is 0 Å². The molecule has 1 aliphatic rings. The molecule has 2 nitrogen and oxygen atoms in total. The van der Waals surface area contributed by atoms with Crippen molar-refractivity contribution in [2.24, 2.45) is 4.99 Å². The van der Waals surface area contributed by atoms with Crippen LogP contribution in [0.2, 0.25) is 0 Å². The quantitative estimate of drug-likeness (QED) is 0.518. The number of nitrogens with zero attached hydrogens (tertiary/aromatic N) is 1. The van der Waals surface area contributed by atoms with Crippen LogP contribution >= 0.6 is 11.6 Å². The van der Waals surface area contributed by atoms with Crippen LogP contribution in [0.3, 0.4) is 0 Å². The van der Waals surface area contributed by atoms with E-state index < -0.39 is 0 Å². The standard InChI is InChI=1S/C9H13ClN2/c1-7(2)11-5-8-3-4-9(10)12-6-8/h4-7,12H,3H2,1-2H3. The van der Waals surface area contributed by atoms with Gasteiger partial charge in [0.2, 0.25) is 0 Å². The number of aliphatic imine (C=N–C) groups is 1. The van der Waals surface area contributed by atoms with Gasteiger partial charge in [-0.3, -0.25) is 4.99 Å². The molecule has 0 saturated heterocycles. The van der Waals surface area contributed by atoms with Crippen molar-refractivity contribution in [2.45, 2.75) is 26.3 Å². The molecule has 1 N–H and O–H groups in total. The third-order valence-electron chi connectivity index (χ3n) is 1.45. The van der Waals surface area contributed by atoms with Crippen LogP contribution in [-0.2, 0) is 0 Å². The van der Waals surface area contributed by atoms with E-state index in [0.717, 1.165) is 12.0 Å². The Morgan fingerprint density at radius 2 is 2.42 bits per heavy atom. The summed E-state index contributed by atoms with van der Waals surface area (Å²) in [5, 5.41) is 3.62. The van der Waals surface area contributed by atoms with Gasteiger partial charge in [-0.25, -0.2) is 0 Å². The van der Waals surface area contributed by atoms with Crippen molar-refractivity contribution >= 4 is 17.8 Å². The SMILES string of the molecule is CC(C)N=CC1=CNC(Cl)=CC1. The second-order valence-corrected chi connectivity index (χ2v) is 3.40. The van der Waals surface area contributed by atoms with E-state index in [-0.39, 0.29) is 0 Å². The van der Waals surface area contributed by atoms with Crippen LogP contribution in [0.15, 0.2) is 28.0 Å². The smallest absolute Gasteiger partial charge is 0.102 e. The van der Waals surface area contributed by atoms with E-state index in [0.29, 0.717) is 11.2 Å². The van der Waals surface area contributed by atoms with Gasteiger partial charge >= 0.3 is 0 Å². The largest absolute Gasteiger partial charge is 0.352 e. The maximum Gasteiger partial charge on any atom is 0.102 e.